The van der Waals surface area contributed by atoms with Crippen molar-refractivity contribution in [3.63, 3.8) is 0 Å². The van der Waals surface area contributed by atoms with Gasteiger partial charge in [-0.1, -0.05) is 0 Å². The third kappa shape index (κ3) is 1.30. The van der Waals surface area contributed by atoms with E-state index in [9.17, 15) is 4.79 Å². The summed E-state index contributed by atoms with van der Waals surface area (Å²) in [6.45, 7) is 0. The molecule has 5 nitrogen and oxygen atoms in total. The Labute approximate surface area is 90.4 Å². The summed E-state index contributed by atoms with van der Waals surface area (Å²) >= 11 is 0. The van der Waals surface area contributed by atoms with Crippen LogP contribution in [-0.2, 0) is 0 Å². The fourth-order valence-corrected chi connectivity index (χ4v) is 1.63. The number of rotatable bonds is 1. The highest BCUT2D eigenvalue weighted by atomic mass is 16.1. The summed E-state index contributed by atoms with van der Waals surface area (Å²) in [5.74, 6) is 0. The molecule has 0 saturated carbocycles. The number of hydrogen-bond donors (Lipinski definition) is 1. The highest BCUT2D eigenvalue weighted by Crippen LogP contribution is 2.12. The Morgan fingerprint density at radius 2 is 2.25 bits per heavy atom. The highest BCUT2D eigenvalue weighted by Gasteiger charge is 2.01. The lowest BCUT2D eigenvalue weighted by Crippen LogP contribution is -2.06. The number of fused-ring (bicyclic) bond motifs is 1. The summed E-state index contributed by atoms with van der Waals surface area (Å²) in [4.78, 5) is 22.1. The van der Waals surface area contributed by atoms with Gasteiger partial charge < -0.3 is 9.55 Å². The van der Waals surface area contributed by atoms with Crippen molar-refractivity contribution in [3.05, 3.63) is 53.6 Å². The second-order valence-corrected chi connectivity index (χ2v) is 3.40. The normalized spacial score (nSPS) is 10.8. The van der Waals surface area contributed by atoms with Gasteiger partial charge in [0, 0.05) is 18.1 Å². The molecule has 78 valence electrons. The Kier molecular flexibility index (Phi) is 1.83. The first-order valence-electron chi connectivity index (χ1n) is 4.80. The van der Waals surface area contributed by atoms with Gasteiger partial charge in [-0.3, -0.25) is 4.79 Å². The summed E-state index contributed by atoms with van der Waals surface area (Å²) in [5, 5.41) is 0.589. The van der Waals surface area contributed by atoms with Crippen LogP contribution in [0.3, 0.4) is 0 Å². The first kappa shape index (κ1) is 8.84. The van der Waals surface area contributed by atoms with Crippen LogP contribution in [0.15, 0.2) is 48.0 Å². The van der Waals surface area contributed by atoms with Gasteiger partial charge in [-0.25, -0.2) is 9.97 Å². The van der Waals surface area contributed by atoms with Crippen LogP contribution in [0.25, 0.3) is 16.6 Å². The van der Waals surface area contributed by atoms with Crippen molar-refractivity contribution in [1.29, 1.82) is 0 Å². The zero-order valence-electron chi connectivity index (χ0n) is 8.29. The number of H-pyrrole nitrogens is 1. The molecule has 0 spiro atoms. The fraction of sp³-hybridized carbons (Fsp3) is 0. The molecular formula is C11H8N4O. The van der Waals surface area contributed by atoms with Crippen LogP contribution in [0.2, 0.25) is 0 Å². The minimum absolute atomic E-state index is 0.123. The maximum atomic E-state index is 11.5. The number of hydrogen-bond acceptors (Lipinski definition) is 3. The Morgan fingerprint density at radius 1 is 1.31 bits per heavy atom. The molecule has 2 aromatic heterocycles. The van der Waals surface area contributed by atoms with Crippen molar-refractivity contribution in [3.8, 4) is 5.69 Å². The van der Waals surface area contributed by atoms with Crippen molar-refractivity contribution in [2.24, 2.45) is 0 Å². The molecule has 5 heteroatoms. The molecule has 0 amide bonds. The minimum Gasteiger partial charge on any atom is -0.313 e. The van der Waals surface area contributed by atoms with E-state index in [1.54, 1.807) is 18.6 Å². The van der Waals surface area contributed by atoms with Gasteiger partial charge in [0.1, 0.15) is 0 Å². The van der Waals surface area contributed by atoms with Crippen LogP contribution in [0, 0.1) is 0 Å². The highest BCUT2D eigenvalue weighted by molar-refractivity contribution is 5.79. The molecule has 2 heterocycles. The summed E-state index contributed by atoms with van der Waals surface area (Å²) in [5.41, 5.74) is 1.49. The molecule has 0 aliphatic heterocycles. The smallest absolute Gasteiger partial charge is 0.258 e. The van der Waals surface area contributed by atoms with Crippen molar-refractivity contribution in [2.75, 3.05) is 0 Å². The molecule has 0 atom stereocenters. The molecule has 3 rings (SSSR count). The van der Waals surface area contributed by atoms with E-state index < -0.39 is 0 Å². The van der Waals surface area contributed by atoms with Gasteiger partial charge in [0.05, 0.1) is 23.6 Å². The van der Waals surface area contributed by atoms with E-state index in [0.717, 1.165) is 5.69 Å². The topological polar surface area (TPSA) is 63.6 Å². The Bertz CT molecular complexity index is 685. The standard InChI is InChI=1S/C11H8N4O/c16-11-9-2-1-8(15-4-3-12-7-15)5-10(9)13-6-14-11/h1-7H,(H,13,14,16). The zero-order valence-corrected chi connectivity index (χ0v) is 8.29. The number of imidazole rings is 1. The molecule has 0 bridgehead atoms. The maximum absolute atomic E-state index is 11.5. The number of aromatic nitrogens is 4. The molecule has 0 aliphatic carbocycles. The number of aromatic amines is 1. The molecule has 0 aliphatic rings. The van der Waals surface area contributed by atoms with Crippen molar-refractivity contribution < 1.29 is 0 Å². The predicted octanol–water partition coefficient (Wildman–Crippen LogP) is 1.11. The SMILES string of the molecule is O=c1[nH]cnc2cc(-n3ccnc3)ccc12. The van der Waals surface area contributed by atoms with Crippen LogP contribution in [0.4, 0.5) is 0 Å². The van der Waals surface area contributed by atoms with Gasteiger partial charge in [-0.05, 0) is 18.2 Å². The number of benzene rings is 1. The molecule has 0 radical (unpaired) electrons. The second-order valence-electron chi connectivity index (χ2n) is 3.40. The zero-order chi connectivity index (χ0) is 11.0. The van der Waals surface area contributed by atoms with Crippen LogP contribution in [0.5, 0.6) is 0 Å². The van der Waals surface area contributed by atoms with Crippen molar-refractivity contribution in [1.82, 2.24) is 19.5 Å². The second kappa shape index (κ2) is 3.30. The van der Waals surface area contributed by atoms with Gasteiger partial charge in [0.15, 0.2) is 0 Å². The van der Waals surface area contributed by atoms with E-state index in [1.165, 1.54) is 6.33 Å². The van der Waals surface area contributed by atoms with Crippen LogP contribution >= 0.6 is 0 Å². The molecule has 1 N–H and O–H groups in total. The summed E-state index contributed by atoms with van der Waals surface area (Å²) in [6, 6.07) is 5.48. The van der Waals surface area contributed by atoms with Crippen LogP contribution < -0.4 is 5.56 Å². The van der Waals surface area contributed by atoms with Crippen LogP contribution in [-0.4, -0.2) is 19.5 Å². The third-order valence-corrected chi connectivity index (χ3v) is 2.43. The van der Waals surface area contributed by atoms with Gasteiger partial charge >= 0.3 is 0 Å². The number of nitrogens with one attached hydrogen (secondary N) is 1. The summed E-state index contributed by atoms with van der Waals surface area (Å²) in [6.07, 6.45) is 6.65. The van der Waals surface area contributed by atoms with E-state index >= 15 is 0 Å². The van der Waals surface area contributed by atoms with Gasteiger partial charge in [0.25, 0.3) is 5.56 Å². The van der Waals surface area contributed by atoms with Gasteiger partial charge in [-0.15, -0.1) is 0 Å². The Balaban J connectivity index is 2.28. The molecule has 3 aromatic rings. The van der Waals surface area contributed by atoms with E-state index in [-0.39, 0.29) is 5.56 Å². The summed E-state index contributed by atoms with van der Waals surface area (Å²) in [7, 11) is 0. The van der Waals surface area contributed by atoms with Gasteiger partial charge in [-0.2, -0.15) is 0 Å². The molecule has 0 saturated heterocycles. The lowest BCUT2D eigenvalue weighted by molar-refractivity contribution is 1.06. The first-order valence-corrected chi connectivity index (χ1v) is 4.80. The van der Waals surface area contributed by atoms with E-state index in [1.807, 2.05) is 22.9 Å². The van der Waals surface area contributed by atoms with E-state index in [4.69, 9.17) is 0 Å². The quantitative estimate of drug-likeness (QED) is 0.657. The average molecular weight is 212 g/mol. The fourth-order valence-electron chi connectivity index (χ4n) is 1.63. The lowest BCUT2D eigenvalue weighted by Gasteiger charge is -2.02. The first-order chi connectivity index (χ1) is 7.84. The average Bonchev–Trinajstić information content (AvgIpc) is 2.82. The monoisotopic (exact) mass is 212 g/mol. The van der Waals surface area contributed by atoms with E-state index in [2.05, 4.69) is 15.0 Å². The molecular weight excluding hydrogens is 204 g/mol. The van der Waals surface area contributed by atoms with Gasteiger partial charge in [0.2, 0.25) is 0 Å². The minimum atomic E-state index is -0.123. The van der Waals surface area contributed by atoms with E-state index in [0.29, 0.717) is 10.9 Å². The largest absolute Gasteiger partial charge is 0.313 e. The third-order valence-electron chi connectivity index (χ3n) is 2.43. The predicted molar refractivity (Wildman–Crippen MR) is 59.5 cm³/mol. The Morgan fingerprint density at radius 3 is 3.06 bits per heavy atom. The lowest BCUT2D eigenvalue weighted by atomic mass is 10.2. The Hall–Kier alpha value is -2.43. The van der Waals surface area contributed by atoms with Crippen LogP contribution in [0.1, 0.15) is 0 Å². The maximum Gasteiger partial charge on any atom is 0.258 e. The number of nitrogens with zero attached hydrogens (tertiary/aromatic N) is 3. The van der Waals surface area contributed by atoms with Crippen molar-refractivity contribution >= 4 is 10.9 Å². The summed E-state index contributed by atoms with van der Waals surface area (Å²) < 4.78 is 1.86. The van der Waals surface area contributed by atoms with Crippen molar-refractivity contribution in [2.45, 2.75) is 0 Å². The molecule has 1 aromatic carbocycles. The molecule has 16 heavy (non-hydrogen) atoms. The molecule has 0 fully saturated rings. The molecule has 0 unspecified atom stereocenters.